The van der Waals surface area contributed by atoms with Crippen LogP contribution >= 0.6 is 15.9 Å². The van der Waals surface area contributed by atoms with E-state index in [4.69, 9.17) is 0 Å². The first kappa shape index (κ1) is 7.66. The summed E-state index contributed by atoms with van der Waals surface area (Å²) in [6, 6.07) is 1.83. The first-order valence-corrected chi connectivity index (χ1v) is 4.09. The lowest BCUT2D eigenvalue weighted by molar-refractivity contribution is 0.829. The fraction of sp³-hybridized carbons (Fsp3) is 0.429. The van der Waals surface area contributed by atoms with Gasteiger partial charge in [0.25, 0.3) is 0 Å². The van der Waals surface area contributed by atoms with Gasteiger partial charge in [-0.3, -0.25) is 0 Å². The molecule has 1 aromatic rings. The number of nitrogens with zero attached hydrogens (tertiary/aromatic N) is 2. The summed E-state index contributed by atoms with van der Waals surface area (Å²) in [6.07, 6.45) is 3.82. The Morgan fingerprint density at radius 3 is 3.00 bits per heavy atom. The quantitative estimate of drug-likeness (QED) is 0.685. The third kappa shape index (κ3) is 2.06. The topological polar surface area (TPSA) is 25.8 Å². The molecule has 2 nitrogen and oxygen atoms in total. The van der Waals surface area contributed by atoms with Gasteiger partial charge in [0.05, 0.1) is 0 Å². The molecule has 1 heterocycles. The van der Waals surface area contributed by atoms with Crippen molar-refractivity contribution in [1.29, 1.82) is 0 Å². The summed E-state index contributed by atoms with van der Waals surface area (Å²) in [7, 11) is 0. The molecule has 0 fully saturated rings. The molecule has 0 atom stereocenters. The molecule has 0 N–H and O–H groups in total. The van der Waals surface area contributed by atoms with Crippen molar-refractivity contribution < 1.29 is 0 Å². The van der Waals surface area contributed by atoms with E-state index in [0.29, 0.717) is 0 Å². The molecule has 0 unspecified atom stereocenters. The van der Waals surface area contributed by atoms with E-state index in [-0.39, 0.29) is 0 Å². The summed E-state index contributed by atoms with van der Waals surface area (Å²) < 4.78 is 0.867. The molecule has 3 heteroatoms. The molecule has 0 aliphatic rings. The zero-order valence-corrected chi connectivity index (χ0v) is 7.43. The van der Waals surface area contributed by atoms with Crippen LogP contribution in [0.4, 0.5) is 0 Å². The van der Waals surface area contributed by atoms with Crippen LogP contribution in [-0.4, -0.2) is 9.97 Å². The molecule has 1 rings (SSSR count). The summed E-state index contributed by atoms with van der Waals surface area (Å²) in [5.74, 6) is 0.914. The van der Waals surface area contributed by atoms with Crippen molar-refractivity contribution in [3.63, 3.8) is 0 Å². The molecule has 0 bridgehead atoms. The maximum atomic E-state index is 4.17. The minimum Gasteiger partial charge on any atom is -0.241 e. The number of hydrogen-bond acceptors (Lipinski definition) is 2. The molecule has 54 valence electrons. The summed E-state index contributed by atoms with van der Waals surface area (Å²) >= 11 is 3.28. The number of aryl methyl sites for hydroxylation is 1. The third-order valence-electron chi connectivity index (χ3n) is 1.15. The van der Waals surface area contributed by atoms with Gasteiger partial charge in [-0.2, -0.15) is 0 Å². The van der Waals surface area contributed by atoms with Crippen LogP contribution in [0, 0.1) is 0 Å². The zero-order chi connectivity index (χ0) is 7.40. The second-order valence-corrected chi connectivity index (χ2v) is 2.86. The van der Waals surface area contributed by atoms with Crippen LogP contribution in [-0.2, 0) is 6.42 Å². The van der Waals surface area contributed by atoms with E-state index in [2.05, 4.69) is 32.8 Å². The molecule has 1 aromatic heterocycles. The Balaban J connectivity index is 2.75. The fourth-order valence-corrected chi connectivity index (χ4v) is 1.04. The molecule has 0 aliphatic carbocycles. The molecule has 10 heavy (non-hydrogen) atoms. The van der Waals surface area contributed by atoms with E-state index < -0.39 is 0 Å². The summed E-state index contributed by atoms with van der Waals surface area (Å²) in [6.45, 7) is 2.12. The molecule has 0 spiro atoms. The number of hydrogen-bond donors (Lipinski definition) is 0. The van der Waals surface area contributed by atoms with Crippen LogP contribution in [0.1, 0.15) is 19.2 Å². The van der Waals surface area contributed by atoms with Crippen molar-refractivity contribution in [2.45, 2.75) is 19.8 Å². The lowest BCUT2D eigenvalue weighted by atomic mass is 10.3. The Bertz CT molecular complexity index is 213. The molecular formula is C7H9BrN2. The van der Waals surface area contributed by atoms with Crippen molar-refractivity contribution in [2.75, 3.05) is 0 Å². The fourth-order valence-electron chi connectivity index (χ4n) is 0.718. The molecule has 0 aromatic carbocycles. The predicted octanol–water partition coefficient (Wildman–Crippen LogP) is 2.19. The normalized spacial score (nSPS) is 9.80. The Kier molecular flexibility index (Phi) is 2.81. The minimum absolute atomic E-state index is 0.867. The van der Waals surface area contributed by atoms with E-state index in [1.54, 1.807) is 6.20 Å². The van der Waals surface area contributed by atoms with Crippen molar-refractivity contribution in [3.8, 4) is 0 Å². The van der Waals surface area contributed by atoms with Gasteiger partial charge in [-0.1, -0.05) is 6.92 Å². The maximum Gasteiger partial charge on any atom is 0.129 e. The Morgan fingerprint density at radius 1 is 1.60 bits per heavy atom. The van der Waals surface area contributed by atoms with Crippen molar-refractivity contribution in [1.82, 2.24) is 9.97 Å². The lowest BCUT2D eigenvalue weighted by Crippen LogP contribution is -1.92. The standard InChI is InChI=1S/C7H9BrN2/c1-2-3-7-9-5-4-6(8)10-7/h4-5H,2-3H2,1H3. The van der Waals surface area contributed by atoms with Crippen molar-refractivity contribution in [2.24, 2.45) is 0 Å². The highest BCUT2D eigenvalue weighted by molar-refractivity contribution is 9.10. The van der Waals surface area contributed by atoms with E-state index in [0.717, 1.165) is 23.3 Å². The van der Waals surface area contributed by atoms with Gasteiger partial charge in [-0.25, -0.2) is 9.97 Å². The second-order valence-electron chi connectivity index (χ2n) is 2.05. The van der Waals surface area contributed by atoms with Crippen LogP contribution < -0.4 is 0 Å². The molecular weight excluding hydrogens is 192 g/mol. The van der Waals surface area contributed by atoms with Crippen molar-refractivity contribution >= 4 is 15.9 Å². The van der Waals surface area contributed by atoms with Gasteiger partial charge in [0, 0.05) is 12.6 Å². The Morgan fingerprint density at radius 2 is 2.40 bits per heavy atom. The minimum atomic E-state index is 0.867. The number of aromatic nitrogens is 2. The lowest BCUT2D eigenvalue weighted by Gasteiger charge is -1.94. The number of rotatable bonds is 2. The van der Waals surface area contributed by atoms with Gasteiger partial charge in [0.1, 0.15) is 10.4 Å². The SMILES string of the molecule is CCCc1nccc(Br)n1. The average molecular weight is 201 g/mol. The highest BCUT2D eigenvalue weighted by Gasteiger charge is 1.93. The molecule has 0 radical (unpaired) electrons. The molecule has 0 saturated carbocycles. The molecule has 0 saturated heterocycles. The van der Waals surface area contributed by atoms with Crippen LogP contribution in [0.2, 0.25) is 0 Å². The second kappa shape index (κ2) is 3.66. The van der Waals surface area contributed by atoms with Gasteiger partial charge < -0.3 is 0 Å². The van der Waals surface area contributed by atoms with E-state index in [9.17, 15) is 0 Å². The van der Waals surface area contributed by atoms with E-state index in [1.807, 2.05) is 6.07 Å². The zero-order valence-electron chi connectivity index (χ0n) is 5.84. The summed E-state index contributed by atoms with van der Waals surface area (Å²) in [5.41, 5.74) is 0. The van der Waals surface area contributed by atoms with Crippen LogP contribution in [0.15, 0.2) is 16.9 Å². The van der Waals surface area contributed by atoms with Crippen molar-refractivity contribution in [3.05, 3.63) is 22.7 Å². The smallest absolute Gasteiger partial charge is 0.129 e. The van der Waals surface area contributed by atoms with E-state index in [1.165, 1.54) is 0 Å². The van der Waals surface area contributed by atoms with Crippen LogP contribution in [0.5, 0.6) is 0 Å². The predicted molar refractivity (Wildman–Crippen MR) is 43.7 cm³/mol. The van der Waals surface area contributed by atoms with E-state index >= 15 is 0 Å². The highest BCUT2D eigenvalue weighted by Crippen LogP contribution is 2.04. The Labute approximate surface area is 68.8 Å². The largest absolute Gasteiger partial charge is 0.241 e. The summed E-state index contributed by atoms with van der Waals surface area (Å²) in [4.78, 5) is 8.26. The van der Waals surface area contributed by atoms with Crippen LogP contribution in [0.25, 0.3) is 0 Å². The van der Waals surface area contributed by atoms with Gasteiger partial charge in [-0.15, -0.1) is 0 Å². The highest BCUT2D eigenvalue weighted by atomic mass is 79.9. The summed E-state index contributed by atoms with van der Waals surface area (Å²) in [5, 5.41) is 0. The van der Waals surface area contributed by atoms with Gasteiger partial charge in [0.2, 0.25) is 0 Å². The van der Waals surface area contributed by atoms with Gasteiger partial charge in [-0.05, 0) is 28.4 Å². The van der Waals surface area contributed by atoms with Crippen LogP contribution in [0.3, 0.4) is 0 Å². The third-order valence-corrected chi connectivity index (χ3v) is 1.59. The first-order valence-electron chi connectivity index (χ1n) is 3.30. The first-order chi connectivity index (χ1) is 4.83. The number of halogens is 1. The Hall–Kier alpha value is -0.440. The molecule has 0 amide bonds. The monoisotopic (exact) mass is 200 g/mol. The van der Waals surface area contributed by atoms with Gasteiger partial charge in [0.15, 0.2) is 0 Å². The average Bonchev–Trinajstić information content (AvgIpc) is 1.88. The molecule has 0 aliphatic heterocycles. The maximum absolute atomic E-state index is 4.17. The van der Waals surface area contributed by atoms with Gasteiger partial charge >= 0.3 is 0 Å².